The fraction of sp³-hybridized carbons (Fsp3) is 0.304. The Balaban J connectivity index is 1.45. The lowest BCUT2D eigenvalue weighted by Gasteiger charge is -2.14. The zero-order valence-corrected chi connectivity index (χ0v) is 20.2. The lowest BCUT2D eigenvalue weighted by Crippen LogP contribution is -2.32. The number of carbonyl (C=O) groups is 1. The third-order valence-electron chi connectivity index (χ3n) is 5.90. The van der Waals surface area contributed by atoms with Gasteiger partial charge in [-0.3, -0.25) is 18.6 Å². The van der Waals surface area contributed by atoms with Gasteiger partial charge in [0.25, 0.3) is 21.5 Å². The van der Waals surface area contributed by atoms with E-state index in [1.807, 2.05) is 22.6 Å². The van der Waals surface area contributed by atoms with Gasteiger partial charge in [-0.2, -0.15) is 0 Å². The molecule has 0 unspecified atom stereocenters. The molecule has 34 heavy (non-hydrogen) atoms. The van der Waals surface area contributed by atoms with Crippen molar-refractivity contribution < 1.29 is 13.2 Å². The number of aromatic nitrogens is 4. The van der Waals surface area contributed by atoms with Crippen molar-refractivity contribution in [2.75, 3.05) is 12.3 Å². The topological polar surface area (TPSA) is 107 Å². The number of unbranched alkanes of at least 4 members (excludes halogenated alkanes) is 2. The summed E-state index contributed by atoms with van der Waals surface area (Å²) in [6.45, 7) is 2.65. The van der Waals surface area contributed by atoms with Crippen LogP contribution in [0.4, 0.5) is 0 Å². The maximum absolute atomic E-state index is 13.1. The zero-order chi connectivity index (χ0) is 23.9. The average molecular weight is 498 g/mol. The van der Waals surface area contributed by atoms with Crippen LogP contribution >= 0.6 is 11.8 Å². The van der Waals surface area contributed by atoms with E-state index in [1.165, 1.54) is 23.9 Å². The summed E-state index contributed by atoms with van der Waals surface area (Å²) in [4.78, 5) is 25.8. The van der Waals surface area contributed by atoms with Crippen molar-refractivity contribution in [3.05, 3.63) is 64.4 Å². The molecule has 0 radical (unpaired) electrons. The third kappa shape index (κ3) is 3.59. The molecule has 0 atom stereocenters. The Bertz CT molecular complexity index is 1580. The van der Waals surface area contributed by atoms with Gasteiger partial charge in [-0.1, -0.05) is 55.8 Å². The van der Waals surface area contributed by atoms with Crippen molar-refractivity contribution in [2.24, 2.45) is 0 Å². The van der Waals surface area contributed by atoms with Crippen LogP contribution in [0.3, 0.4) is 0 Å². The Morgan fingerprint density at radius 3 is 2.50 bits per heavy atom. The Labute approximate surface area is 200 Å². The Morgan fingerprint density at radius 1 is 0.941 bits per heavy atom. The molecule has 0 bridgehead atoms. The monoisotopic (exact) mass is 497 g/mol. The van der Waals surface area contributed by atoms with Gasteiger partial charge in [0.2, 0.25) is 5.78 Å². The first-order chi connectivity index (χ1) is 16.4. The normalized spacial score (nSPS) is 14.9. The number of para-hydroxylation sites is 1. The molecule has 2 aromatic carbocycles. The van der Waals surface area contributed by atoms with Crippen LogP contribution < -0.4 is 5.56 Å². The molecule has 1 amide bonds. The number of amides is 1. The molecule has 4 aromatic rings. The van der Waals surface area contributed by atoms with Gasteiger partial charge in [0.1, 0.15) is 4.90 Å². The quantitative estimate of drug-likeness (QED) is 0.272. The highest BCUT2D eigenvalue weighted by atomic mass is 32.2. The predicted octanol–water partition coefficient (Wildman–Crippen LogP) is 3.17. The van der Waals surface area contributed by atoms with E-state index in [1.54, 1.807) is 22.8 Å². The minimum Gasteiger partial charge on any atom is -0.276 e. The first-order valence-corrected chi connectivity index (χ1v) is 13.5. The number of fused-ring (bicyclic) bond motifs is 4. The second-order valence-corrected chi connectivity index (χ2v) is 10.9. The highest BCUT2D eigenvalue weighted by molar-refractivity contribution is 7.99. The number of sulfonamides is 1. The van der Waals surface area contributed by atoms with E-state index < -0.39 is 15.9 Å². The van der Waals surface area contributed by atoms with Gasteiger partial charge < -0.3 is 0 Å². The zero-order valence-electron chi connectivity index (χ0n) is 18.5. The summed E-state index contributed by atoms with van der Waals surface area (Å²) in [6, 6.07) is 13.5. The SMILES string of the molecule is CCCCCn1c(=O)c2ccccc2n2c(SCCN3C(=O)c4ccccc4S3(=O)=O)nnc12. The van der Waals surface area contributed by atoms with Gasteiger partial charge >= 0.3 is 0 Å². The van der Waals surface area contributed by atoms with E-state index in [0.717, 1.165) is 23.6 Å². The number of hydrogen-bond donors (Lipinski definition) is 0. The van der Waals surface area contributed by atoms with Gasteiger partial charge in [0.05, 0.1) is 16.5 Å². The van der Waals surface area contributed by atoms with Gasteiger partial charge in [-0.05, 0) is 30.7 Å². The number of rotatable bonds is 8. The maximum atomic E-state index is 13.1. The molecule has 1 aliphatic heterocycles. The average Bonchev–Trinajstić information content (AvgIpc) is 3.34. The standard InChI is InChI=1S/C23H23N5O4S2/c1-2-3-8-13-26-20(29)16-9-4-6-11-18(16)28-22(26)24-25-23(28)33-15-14-27-21(30)17-10-5-7-12-19(17)34(27,31)32/h4-7,9-12H,2-3,8,13-15H2,1H3. The molecule has 11 heteroatoms. The summed E-state index contributed by atoms with van der Waals surface area (Å²) in [5.41, 5.74) is 0.788. The Kier molecular flexibility index (Phi) is 5.90. The van der Waals surface area contributed by atoms with Crippen LogP contribution in [0.5, 0.6) is 0 Å². The third-order valence-corrected chi connectivity index (χ3v) is 8.65. The fourth-order valence-corrected chi connectivity index (χ4v) is 6.77. The number of nitrogens with zero attached hydrogens (tertiary/aromatic N) is 5. The predicted molar refractivity (Wildman–Crippen MR) is 130 cm³/mol. The fourth-order valence-electron chi connectivity index (χ4n) is 4.22. The van der Waals surface area contributed by atoms with E-state index in [4.69, 9.17) is 0 Å². The van der Waals surface area contributed by atoms with Crippen molar-refractivity contribution in [1.29, 1.82) is 0 Å². The van der Waals surface area contributed by atoms with E-state index in [-0.39, 0.29) is 22.6 Å². The van der Waals surface area contributed by atoms with Crippen molar-refractivity contribution in [3.63, 3.8) is 0 Å². The van der Waals surface area contributed by atoms with Crippen LogP contribution in [0, 0.1) is 0 Å². The van der Waals surface area contributed by atoms with E-state index in [9.17, 15) is 18.0 Å². The second-order valence-electron chi connectivity index (χ2n) is 8.03. The first kappa shape index (κ1) is 22.6. The van der Waals surface area contributed by atoms with Gasteiger partial charge in [0.15, 0.2) is 5.16 Å². The largest absolute Gasteiger partial charge is 0.276 e. The van der Waals surface area contributed by atoms with E-state index >= 15 is 0 Å². The summed E-state index contributed by atoms with van der Waals surface area (Å²) in [6.07, 6.45) is 2.89. The first-order valence-electron chi connectivity index (χ1n) is 11.1. The molecule has 9 nitrogen and oxygen atoms in total. The number of hydrogen-bond acceptors (Lipinski definition) is 7. The minimum absolute atomic E-state index is 0.00347. The molecule has 176 valence electrons. The smallest absolute Gasteiger partial charge is 0.269 e. The van der Waals surface area contributed by atoms with Crippen molar-refractivity contribution in [2.45, 2.75) is 42.8 Å². The molecular weight excluding hydrogens is 474 g/mol. The number of thioether (sulfide) groups is 1. The molecule has 0 fully saturated rings. The van der Waals surface area contributed by atoms with E-state index in [0.29, 0.717) is 34.1 Å². The summed E-state index contributed by atoms with van der Waals surface area (Å²) < 4.78 is 30.0. The van der Waals surface area contributed by atoms with Crippen molar-refractivity contribution in [1.82, 2.24) is 23.5 Å². The summed E-state index contributed by atoms with van der Waals surface area (Å²) in [5, 5.41) is 9.70. The Hall–Kier alpha value is -3.18. The molecule has 0 N–H and O–H groups in total. The number of benzene rings is 2. The molecule has 5 rings (SSSR count). The Morgan fingerprint density at radius 2 is 1.71 bits per heavy atom. The lowest BCUT2D eigenvalue weighted by atomic mass is 10.2. The maximum Gasteiger partial charge on any atom is 0.269 e. The highest BCUT2D eigenvalue weighted by Crippen LogP contribution is 2.30. The molecule has 0 saturated heterocycles. The lowest BCUT2D eigenvalue weighted by molar-refractivity contribution is 0.0876. The molecule has 0 aliphatic carbocycles. The van der Waals surface area contributed by atoms with Gasteiger partial charge in [-0.25, -0.2) is 12.7 Å². The van der Waals surface area contributed by atoms with Crippen LogP contribution in [0.2, 0.25) is 0 Å². The molecule has 1 aliphatic rings. The van der Waals surface area contributed by atoms with Crippen LogP contribution in [0.15, 0.2) is 63.4 Å². The van der Waals surface area contributed by atoms with Crippen molar-refractivity contribution >= 4 is 44.4 Å². The summed E-state index contributed by atoms with van der Waals surface area (Å²) in [7, 11) is -3.86. The van der Waals surface area contributed by atoms with Gasteiger partial charge in [-0.15, -0.1) is 10.2 Å². The number of carbonyl (C=O) groups excluding carboxylic acids is 1. The van der Waals surface area contributed by atoms with Gasteiger partial charge in [0, 0.05) is 18.8 Å². The van der Waals surface area contributed by atoms with Crippen LogP contribution in [-0.2, 0) is 16.6 Å². The van der Waals surface area contributed by atoms with E-state index in [2.05, 4.69) is 17.1 Å². The van der Waals surface area contributed by atoms with Crippen LogP contribution in [0.1, 0.15) is 36.5 Å². The van der Waals surface area contributed by atoms with Crippen LogP contribution in [0.25, 0.3) is 16.7 Å². The molecule has 0 saturated carbocycles. The summed E-state index contributed by atoms with van der Waals surface area (Å²) >= 11 is 1.30. The minimum atomic E-state index is -3.86. The van der Waals surface area contributed by atoms with Crippen LogP contribution in [-0.4, -0.2) is 50.1 Å². The molecule has 3 heterocycles. The molecular formula is C23H23N5O4S2. The number of aryl methyl sites for hydroxylation is 1. The molecule has 0 spiro atoms. The second kappa shape index (κ2) is 8.88. The molecule has 2 aromatic heterocycles. The summed E-state index contributed by atoms with van der Waals surface area (Å²) in [5.74, 6) is 0.236. The highest BCUT2D eigenvalue weighted by Gasteiger charge is 2.40. The van der Waals surface area contributed by atoms with Crippen molar-refractivity contribution in [3.8, 4) is 0 Å².